The molecule has 1 aromatic heterocycles. The Morgan fingerprint density at radius 2 is 2.00 bits per heavy atom. The van der Waals surface area contributed by atoms with Crippen molar-refractivity contribution in [3.05, 3.63) is 17.0 Å². The molecule has 7 heteroatoms. The number of nitrogens with one attached hydrogen (secondary N) is 2. The molecular formula is C13H26N4O2S. The van der Waals surface area contributed by atoms with Crippen molar-refractivity contribution < 1.29 is 8.42 Å². The van der Waals surface area contributed by atoms with Gasteiger partial charge in [0, 0.05) is 31.4 Å². The molecule has 1 rings (SSSR count). The fraction of sp³-hybridized carbons (Fsp3) is 0.769. The number of nitrogens with zero attached hydrogens (tertiary/aromatic N) is 2. The van der Waals surface area contributed by atoms with Crippen LogP contribution in [0.3, 0.4) is 0 Å². The van der Waals surface area contributed by atoms with Gasteiger partial charge in [-0.25, -0.2) is 13.1 Å². The van der Waals surface area contributed by atoms with E-state index >= 15 is 0 Å². The zero-order valence-electron chi connectivity index (χ0n) is 13.0. The minimum atomic E-state index is -3.31. The van der Waals surface area contributed by atoms with Crippen molar-refractivity contribution in [1.29, 1.82) is 0 Å². The molecule has 116 valence electrons. The van der Waals surface area contributed by atoms with Crippen molar-refractivity contribution in [3.8, 4) is 0 Å². The summed E-state index contributed by atoms with van der Waals surface area (Å²) in [6.45, 7) is 9.20. The maximum atomic E-state index is 12.1. The molecule has 0 fully saturated rings. The highest BCUT2D eigenvalue weighted by Crippen LogP contribution is 2.12. The highest BCUT2D eigenvalue weighted by molar-refractivity contribution is 7.90. The summed E-state index contributed by atoms with van der Waals surface area (Å²) in [4.78, 5) is 0. The minimum Gasteiger partial charge on any atom is -0.315 e. The van der Waals surface area contributed by atoms with E-state index < -0.39 is 15.3 Å². The normalized spacial score (nSPS) is 13.7. The molecule has 1 heterocycles. The van der Waals surface area contributed by atoms with Crippen molar-refractivity contribution >= 4 is 10.0 Å². The van der Waals surface area contributed by atoms with Crippen LogP contribution in [0.25, 0.3) is 0 Å². The van der Waals surface area contributed by atoms with E-state index in [4.69, 9.17) is 0 Å². The van der Waals surface area contributed by atoms with Crippen molar-refractivity contribution in [3.63, 3.8) is 0 Å². The van der Waals surface area contributed by atoms with Crippen molar-refractivity contribution in [1.82, 2.24) is 19.8 Å². The first-order chi connectivity index (χ1) is 9.29. The highest BCUT2D eigenvalue weighted by atomic mass is 32.2. The van der Waals surface area contributed by atoms with Gasteiger partial charge in [-0.05, 0) is 33.7 Å². The van der Waals surface area contributed by atoms with Gasteiger partial charge >= 0.3 is 0 Å². The molecule has 2 N–H and O–H groups in total. The number of sulfonamides is 1. The third-order valence-corrected chi connectivity index (χ3v) is 5.27. The van der Waals surface area contributed by atoms with Gasteiger partial charge in [-0.1, -0.05) is 6.92 Å². The lowest BCUT2D eigenvalue weighted by molar-refractivity contribution is 0.556. The maximum absolute atomic E-state index is 12.1. The Morgan fingerprint density at radius 1 is 1.35 bits per heavy atom. The summed E-state index contributed by atoms with van der Waals surface area (Å²) in [7, 11) is -1.45. The van der Waals surface area contributed by atoms with E-state index in [2.05, 4.69) is 22.1 Å². The zero-order valence-corrected chi connectivity index (χ0v) is 13.8. The first kappa shape index (κ1) is 17.1. The van der Waals surface area contributed by atoms with E-state index in [0.29, 0.717) is 13.1 Å². The van der Waals surface area contributed by atoms with Gasteiger partial charge < -0.3 is 5.32 Å². The minimum absolute atomic E-state index is 0.298. The van der Waals surface area contributed by atoms with Crippen LogP contribution in [0.2, 0.25) is 0 Å². The van der Waals surface area contributed by atoms with Gasteiger partial charge in [0.1, 0.15) is 0 Å². The van der Waals surface area contributed by atoms with Gasteiger partial charge in [0.25, 0.3) is 0 Å². The van der Waals surface area contributed by atoms with Gasteiger partial charge in [0.05, 0.1) is 10.9 Å². The molecule has 6 nitrogen and oxygen atoms in total. The van der Waals surface area contributed by atoms with Crippen molar-refractivity contribution in [2.45, 2.75) is 45.9 Å². The van der Waals surface area contributed by atoms with Crippen molar-refractivity contribution in [2.24, 2.45) is 7.05 Å². The molecule has 0 saturated carbocycles. The van der Waals surface area contributed by atoms with Crippen LogP contribution in [-0.4, -0.2) is 36.5 Å². The average molecular weight is 302 g/mol. The van der Waals surface area contributed by atoms with Crippen LogP contribution >= 0.6 is 0 Å². The molecule has 0 aliphatic heterocycles. The van der Waals surface area contributed by atoms with Crippen LogP contribution in [0.1, 0.15) is 37.2 Å². The molecule has 1 aromatic rings. The largest absolute Gasteiger partial charge is 0.315 e. The van der Waals surface area contributed by atoms with Crippen LogP contribution in [0.15, 0.2) is 0 Å². The average Bonchev–Trinajstić information content (AvgIpc) is 2.61. The Balaban J connectivity index is 2.63. The molecule has 0 spiro atoms. The smallest absolute Gasteiger partial charge is 0.215 e. The van der Waals surface area contributed by atoms with Crippen molar-refractivity contribution in [2.75, 3.05) is 13.1 Å². The second-order valence-corrected chi connectivity index (χ2v) is 7.34. The Bertz CT molecular complexity index is 537. The summed E-state index contributed by atoms with van der Waals surface area (Å²) >= 11 is 0. The summed E-state index contributed by atoms with van der Waals surface area (Å²) in [5, 5.41) is 6.96. The van der Waals surface area contributed by atoms with Crippen LogP contribution in [-0.2, 0) is 23.6 Å². The lowest BCUT2D eigenvalue weighted by Crippen LogP contribution is -2.39. The van der Waals surface area contributed by atoms with E-state index in [9.17, 15) is 8.42 Å². The molecule has 0 aromatic carbocycles. The SMILES string of the molecule is CCCNCC(C)S(=O)(=O)NCc1c(C)nn(C)c1C. The molecule has 0 saturated heterocycles. The maximum Gasteiger partial charge on any atom is 0.215 e. The molecule has 0 amide bonds. The second kappa shape index (κ2) is 7.19. The van der Waals surface area contributed by atoms with Crippen LogP contribution < -0.4 is 10.0 Å². The number of hydrogen-bond acceptors (Lipinski definition) is 4. The van der Waals surface area contributed by atoms with E-state index in [0.717, 1.165) is 29.9 Å². The Kier molecular flexibility index (Phi) is 6.16. The molecule has 0 bridgehead atoms. The summed E-state index contributed by atoms with van der Waals surface area (Å²) in [6.07, 6.45) is 0.994. The number of aromatic nitrogens is 2. The quantitative estimate of drug-likeness (QED) is 0.698. The number of hydrogen-bond donors (Lipinski definition) is 2. The molecule has 0 radical (unpaired) electrons. The van der Waals surface area contributed by atoms with Crippen LogP contribution in [0.5, 0.6) is 0 Å². The van der Waals surface area contributed by atoms with Gasteiger partial charge in [-0.15, -0.1) is 0 Å². The third kappa shape index (κ3) is 4.29. The monoisotopic (exact) mass is 302 g/mol. The summed E-state index contributed by atoms with van der Waals surface area (Å²) in [6, 6.07) is 0. The third-order valence-electron chi connectivity index (χ3n) is 3.50. The topological polar surface area (TPSA) is 76.0 Å². The molecule has 1 unspecified atom stereocenters. The van der Waals surface area contributed by atoms with Gasteiger partial charge in [-0.3, -0.25) is 4.68 Å². The van der Waals surface area contributed by atoms with Crippen LogP contribution in [0, 0.1) is 13.8 Å². The predicted octanol–water partition coefficient (Wildman–Crippen LogP) is 0.844. The fourth-order valence-electron chi connectivity index (χ4n) is 1.98. The Hall–Kier alpha value is -0.920. The fourth-order valence-corrected chi connectivity index (χ4v) is 2.95. The molecular weight excluding hydrogens is 276 g/mol. The standard InChI is InChI=1S/C13H26N4O2S/c1-6-7-14-8-10(2)20(18,19)15-9-13-11(3)16-17(5)12(13)4/h10,14-15H,6-9H2,1-5H3. The lowest BCUT2D eigenvalue weighted by atomic mass is 10.2. The number of aryl methyl sites for hydroxylation is 2. The van der Waals surface area contributed by atoms with E-state index in [1.807, 2.05) is 20.9 Å². The first-order valence-corrected chi connectivity index (χ1v) is 8.52. The first-order valence-electron chi connectivity index (χ1n) is 6.97. The van der Waals surface area contributed by atoms with E-state index in [1.54, 1.807) is 11.6 Å². The Labute approximate surface area is 122 Å². The molecule has 20 heavy (non-hydrogen) atoms. The molecule has 0 aliphatic carbocycles. The highest BCUT2D eigenvalue weighted by Gasteiger charge is 2.21. The van der Waals surface area contributed by atoms with Gasteiger partial charge in [-0.2, -0.15) is 5.10 Å². The van der Waals surface area contributed by atoms with Gasteiger partial charge in [0.2, 0.25) is 10.0 Å². The lowest BCUT2D eigenvalue weighted by Gasteiger charge is -2.14. The molecule has 0 aliphatic rings. The summed E-state index contributed by atoms with van der Waals surface area (Å²) in [5.74, 6) is 0. The summed E-state index contributed by atoms with van der Waals surface area (Å²) in [5.41, 5.74) is 2.80. The zero-order chi connectivity index (χ0) is 15.3. The Morgan fingerprint density at radius 3 is 2.50 bits per heavy atom. The summed E-state index contributed by atoms with van der Waals surface area (Å²) < 4.78 is 28.7. The van der Waals surface area contributed by atoms with Gasteiger partial charge in [0.15, 0.2) is 0 Å². The van der Waals surface area contributed by atoms with E-state index in [-0.39, 0.29) is 0 Å². The predicted molar refractivity (Wildman–Crippen MR) is 81.1 cm³/mol. The number of rotatable bonds is 8. The second-order valence-electron chi connectivity index (χ2n) is 5.15. The molecule has 1 atom stereocenters. The van der Waals surface area contributed by atoms with Crippen LogP contribution in [0.4, 0.5) is 0 Å². The van der Waals surface area contributed by atoms with E-state index in [1.165, 1.54) is 0 Å².